The van der Waals surface area contributed by atoms with Crippen molar-refractivity contribution in [1.82, 2.24) is 5.43 Å². The molecule has 0 bridgehead atoms. The second-order valence-corrected chi connectivity index (χ2v) is 10.9. The quantitative estimate of drug-likeness (QED) is 0.169. The Balaban J connectivity index is 1.36. The van der Waals surface area contributed by atoms with Gasteiger partial charge in [0.05, 0.1) is 31.0 Å². The molecule has 0 atom stereocenters. The maximum absolute atomic E-state index is 13.6. The van der Waals surface area contributed by atoms with Crippen molar-refractivity contribution < 1.29 is 36.6 Å². The van der Waals surface area contributed by atoms with Crippen LogP contribution in [0.15, 0.2) is 107 Å². The molecule has 11 nitrogen and oxygen atoms in total. The number of amides is 2. The van der Waals surface area contributed by atoms with Crippen molar-refractivity contribution in [1.29, 1.82) is 0 Å². The van der Waals surface area contributed by atoms with Gasteiger partial charge in [0.15, 0.2) is 18.1 Å². The lowest BCUT2D eigenvalue weighted by molar-refractivity contribution is -0.119. The minimum absolute atomic E-state index is 0.0921. The predicted molar refractivity (Wildman–Crippen MR) is 163 cm³/mol. The molecule has 0 radical (unpaired) electrons. The van der Waals surface area contributed by atoms with Gasteiger partial charge >= 0.3 is 0 Å². The van der Waals surface area contributed by atoms with E-state index in [1.165, 1.54) is 62.9 Å². The summed E-state index contributed by atoms with van der Waals surface area (Å²) in [4.78, 5) is 24.8. The summed E-state index contributed by atoms with van der Waals surface area (Å²) in [5.41, 5.74) is 3.68. The SMILES string of the molecule is COc1ccc(S(=O)(=O)N(CC(=O)N/N=C\c2ccc(OCC(=O)Nc3ccc(F)cc3)cc2)c2ccccc2)cc1OC. The van der Waals surface area contributed by atoms with Crippen LogP contribution in [-0.4, -0.2) is 53.8 Å². The number of hydrogen-bond donors (Lipinski definition) is 2. The Morgan fingerprint density at radius 1 is 0.864 bits per heavy atom. The van der Waals surface area contributed by atoms with Gasteiger partial charge in [0, 0.05) is 11.8 Å². The van der Waals surface area contributed by atoms with Gasteiger partial charge in [-0.25, -0.2) is 18.2 Å². The van der Waals surface area contributed by atoms with Gasteiger partial charge < -0.3 is 19.5 Å². The Hall–Kier alpha value is -5.43. The molecule has 2 N–H and O–H groups in total. The van der Waals surface area contributed by atoms with Crippen LogP contribution in [0.5, 0.6) is 17.2 Å². The van der Waals surface area contributed by atoms with Crippen molar-refractivity contribution in [2.24, 2.45) is 5.10 Å². The van der Waals surface area contributed by atoms with Crippen molar-refractivity contribution in [2.75, 3.05) is 37.0 Å². The van der Waals surface area contributed by atoms with Gasteiger partial charge in [-0.1, -0.05) is 18.2 Å². The number of benzene rings is 4. The lowest BCUT2D eigenvalue weighted by Crippen LogP contribution is -2.39. The Kier molecular flexibility index (Phi) is 10.5. The highest BCUT2D eigenvalue weighted by Gasteiger charge is 2.28. The summed E-state index contributed by atoms with van der Waals surface area (Å²) in [7, 11) is -1.36. The van der Waals surface area contributed by atoms with E-state index in [9.17, 15) is 22.4 Å². The first kappa shape index (κ1) is 31.5. The van der Waals surface area contributed by atoms with Crippen LogP contribution in [0.4, 0.5) is 15.8 Å². The molecule has 2 amide bonds. The zero-order valence-electron chi connectivity index (χ0n) is 23.8. The summed E-state index contributed by atoms with van der Waals surface area (Å²) in [6, 6.07) is 24.3. The molecule has 0 fully saturated rings. The number of para-hydroxylation sites is 1. The van der Waals surface area contributed by atoms with Crippen molar-refractivity contribution >= 4 is 39.4 Å². The lowest BCUT2D eigenvalue weighted by Gasteiger charge is -2.24. The smallest absolute Gasteiger partial charge is 0.264 e. The van der Waals surface area contributed by atoms with Gasteiger partial charge in [-0.3, -0.25) is 13.9 Å². The molecule has 0 aromatic heterocycles. The van der Waals surface area contributed by atoms with Gasteiger partial charge in [-0.05, 0) is 78.4 Å². The topological polar surface area (TPSA) is 136 Å². The molecule has 0 unspecified atom stereocenters. The summed E-state index contributed by atoms with van der Waals surface area (Å²) in [6.45, 7) is -0.810. The minimum Gasteiger partial charge on any atom is -0.493 e. The van der Waals surface area contributed by atoms with Crippen LogP contribution in [0, 0.1) is 5.82 Å². The minimum atomic E-state index is -4.19. The predicted octanol–water partition coefficient (Wildman–Crippen LogP) is 4.21. The molecule has 0 heterocycles. The molecule has 0 aliphatic heterocycles. The van der Waals surface area contributed by atoms with Crippen LogP contribution in [0.2, 0.25) is 0 Å². The fourth-order valence-electron chi connectivity index (χ4n) is 3.89. The van der Waals surface area contributed by atoms with Crippen LogP contribution in [-0.2, 0) is 19.6 Å². The number of ether oxygens (including phenoxy) is 3. The highest BCUT2D eigenvalue weighted by atomic mass is 32.2. The van der Waals surface area contributed by atoms with Gasteiger partial charge in [-0.2, -0.15) is 5.10 Å². The molecule has 0 spiro atoms. The van der Waals surface area contributed by atoms with Crippen LogP contribution in [0.3, 0.4) is 0 Å². The zero-order chi connectivity index (χ0) is 31.5. The van der Waals surface area contributed by atoms with E-state index in [-0.39, 0.29) is 22.9 Å². The van der Waals surface area contributed by atoms with Crippen molar-refractivity contribution in [3.8, 4) is 17.2 Å². The van der Waals surface area contributed by atoms with Crippen molar-refractivity contribution in [3.63, 3.8) is 0 Å². The number of rotatable bonds is 13. The Bertz CT molecular complexity index is 1720. The number of hydrogen-bond acceptors (Lipinski definition) is 8. The zero-order valence-corrected chi connectivity index (χ0v) is 24.6. The van der Waals surface area contributed by atoms with Crippen molar-refractivity contribution in [3.05, 3.63) is 108 Å². The number of carbonyl (C=O) groups is 2. The molecule has 0 saturated carbocycles. The van der Waals surface area contributed by atoms with E-state index in [1.54, 1.807) is 54.6 Å². The highest BCUT2D eigenvalue weighted by molar-refractivity contribution is 7.92. The standard InChI is InChI=1S/C31H29FN4O7S/c1-41-28-17-16-27(18-29(28)42-2)44(39,40)36(25-6-4-3-5-7-25)20-30(37)35-33-19-22-8-14-26(15-9-22)43-21-31(38)34-24-12-10-23(32)11-13-24/h3-19H,20-21H2,1-2H3,(H,34,38)(H,35,37)/b33-19-. The molecule has 4 aromatic rings. The van der Waals surface area contributed by atoms with E-state index in [0.717, 1.165) is 4.31 Å². The Morgan fingerprint density at radius 2 is 1.55 bits per heavy atom. The van der Waals surface area contributed by atoms with Crippen LogP contribution in [0.1, 0.15) is 5.56 Å². The summed E-state index contributed by atoms with van der Waals surface area (Å²) >= 11 is 0. The van der Waals surface area contributed by atoms with Gasteiger partial charge in [0.1, 0.15) is 18.1 Å². The van der Waals surface area contributed by atoms with E-state index >= 15 is 0 Å². The van der Waals surface area contributed by atoms with E-state index in [1.807, 2.05) is 0 Å². The number of nitrogens with one attached hydrogen (secondary N) is 2. The third kappa shape index (κ3) is 8.32. The Morgan fingerprint density at radius 3 is 2.20 bits per heavy atom. The van der Waals surface area contributed by atoms with Gasteiger partial charge in [0.25, 0.3) is 21.8 Å². The number of anilines is 2. The second kappa shape index (κ2) is 14.6. The van der Waals surface area contributed by atoms with E-state index in [0.29, 0.717) is 22.7 Å². The molecular formula is C31H29FN4O7S. The van der Waals surface area contributed by atoms with Gasteiger partial charge in [-0.15, -0.1) is 0 Å². The number of hydrazone groups is 1. The summed E-state index contributed by atoms with van der Waals surface area (Å²) in [5, 5.41) is 6.53. The molecule has 13 heteroatoms. The van der Waals surface area contributed by atoms with E-state index in [2.05, 4.69) is 15.8 Å². The first-order valence-corrected chi connectivity index (χ1v) is 14.5. The second-order valence-electron chi connectivity index (χ2n) is 9.07. The number of halogens is 1. The van der Waals surface area contributed by atoms with Crippen LogP contribution < -0.4 is 29.3 Å². The fourth-order valence-corrected chi connectivity index (χ4v) is 5.32. The maximum Gasteiger partial charge on any atom is 0.264 e. The Labute approximate surface area is 253 Å². The first-order valence-electron chi connectivity index (χ1n) is 13.1. The number of nitrogens with zero attached hydrogens (tertiary/aromatic N) is 2. The molecule has 0 saturated heterocycles. The molecule has 44 heavy (non-hydrogen) atoms. The summed E-state index contributed by atoms with van der Waals surface area (Å²) in [6.07, 6.45) is 1.37. The highest BCUT2D eigenvalue weighted by Crippen LogP contribution is 2.32. The monoisotopic (exact) mass is 620 g/mol. The average molecular weight is 621 g/mol. The lowest BCUT2D eigenvalue weighted by atomic mass is 10.2. The normalized spacial score (nSPS) is 11.1. The third-order valence-corrected chi connectivity index (χ3v) is 7.83. The number of methoxy groups -OCH3 is 2. The van der Waals surface area contributed by atoms with Gasteiger partial charge in [0.2, 0.25) is 0 Å². The molecule has 0 aliphatic carbocycles. The molecular weight excluding hydrogens is 591 g/mol. The number of carbonyl (C=O) groups excluding carboxylic acids is 2. The molecule has 228 valence electrons. The molecule has 0 aliphatic rings. The third-order valence-electron chi connectivity index (χ3n) is 6.06. The van der Waals surface area contributed by atoms with Crippen molar-refractivity contribution in [2.45, 2.75) is 4.90 Å². The largest absolute Gasteiger partial charge is 0.493 e. The van der Waals surface area contributed by atoms with E-state index < -0.39 is 34.2 Å². The summed E-state index contributed by atoms with van der Waals surface area (Å²) < 4.78 is 57.1. The fraction of sp³-hybridized carbons (Fsp3) is 0.129. The van der Waals surface area contributed by atoms with E-state index in [4.69, 9.17) is 14.2 Å². The molecule has 4 aromatic carbocycles. The number of sulfonamides is 1. The maximum atomic E-state index is 13.6. The molecule has 4 rings (SSSR count). The first-order chi connectivity index (χ1) is 21.2. The average Bonchev–Trinajstić information content (AvgIpc) is 3.04. The summed E-state index contributed by atoms with van der Waals surface area (Å²) in [5.74, 6) is -0.504. The van der Waals surface area contributed by atoms with Crippen LogP contribution >= 0.6 is 0 Å². The van der Waals surface area contributed by atoms with Crippen LogP contribution in [0.25, 0.3) is 0 Å².